The molecule has 0 aliphatic rings. The van der Waals surface area contributed by atoms with Gasteiger partial charge in [-0.15, -0.1) is 0 Å². The van der Waals surface area contributed by atoms with E-state index in [1.54, 1.807) is 11.8 Å². The zero-order chi connectivity index (χ0) is 23.8. The predicted molar refractivity (Wildman–Crippen MR) is 134 cm³/mol. The summed E-state index contributed by atoms with van der Waals surface area (Å²) in [5.74, 6) is -0.870. The molecule has 0 aromatic carbocycles. The SMILES string of the molecule is CSCCC(N)C(=O)NC(CCSC)C(=O)NC(CCSC)C(=O)NC(CS)C(=O)O. The molecule has 0 aromatic rings. The highest BCUT2D eigenvalue weighted by molar-refractivity contribution is 7.98. The van der Waals surface area contributed by atoms with Crippen LogP contribution in [0.25, 0.3) is 0 Å². The van der Waals surface area contributed by atoms with Crippen LogP contribution >= 0.6 is 47.9 Å². The Labute approximate surface area is 202 Å². The third-order valence-corrected chi connectivity index (χ3v) is 6.55. The molecule has 0 radical (unpaired) electrons. The number of nitrogens with two attached hydrogens (primary N) is 1. The van der Waals surface area contributed by atoms with Crippen molar-refractivity contribution in [2.45, 2.75) is 43.4 Å². The molecule has 13 heteroatoms. The van der Waals surface area contributed by atoms with E-state index in [1.807, 2.05) is 18.8 Å². The average molecular weight is 515 g/mol. The Hall–Kier alpha value is -0.760. The molecule has 0 aliphatic heterocycles. The van der Waals surface area contributed by atoms with Crippen LogP contribution in [0.15, 0.2) is 0 Å². The fourth-order valence-electron chi connectivity index (χ4n) is 2.39. The van der Waals surface area contributed by atoms with E-state index < -0.39 is 47.9 Å². The first kappa shape index (κ1) is 30.2. The van der Waals surface area contributed by atoms with Gasteiger partial charge in [0, 0.05) is 5.75 Å². The molecule has 4 atom stereocenters. The molecule has 0 fully saturated rings. The van der Waals surface area contributed by atoms with Crippen molar-refractivity contribution in [3.63, 3.8) is 0 Å². The molecule has 31 heavy (non-hydrogen) atoms. The van der Waals surface area contributed by atoms with Crippen molar-refractivity contribution < 1.29 is 24.3 Å². The molecule has 0 spiro atoms. The molecule has 6 N–H and O–H groups in total. The Morgan fingerprint density at radius 1 is 0.774 bits per heavy atom. The van der Waals surface area contributed by atoms with Gasteiger partial charge >= 0.3 is 5.97 Å². The van der Waals surface area contributed by atoms with Gasteiger partial charge in [0.1, 0.15) is 18.1 Å². The minimum atomic E-state index is -1.21. The van der Waals surface area contributed by atoms with Crippen molar-refractivity contribution in [1.29, 1.82) is 0 Å². The molecular weight excluding hydrogens is 480 g/mol. The van der Waals surface area contributed by atoms with Gasteiger partial charge in [-0.1, -0.05) is 0 Å². The van der Waals surface area contributed by atoms with Crippen LogP contribution in [-0.4, -0.2) is 94.7 Å². The highest BCUT2D eigenvalue weighted by Crippen LogP contribution is 2.07. The average Bonchev–Trinajstić information content (AvgIpc) is 2.74. The second-order valence-electron chi connectivity index (χ2n) is 6.66. The lowest BCUT2D eigenvalue weighted by atomic mass is 10.1. The monoisotopic (exact) mass is 514 g/mol. The molecule has 0 saturated heterocycles. The third kappa shape index (κ3) is 12.8. The van der Waals surface area contributed by atoms with E-state index in [1.165, 1.54) is 23.5 Å². The van der Waals surface area contributed by atoms with Crippen LogP contribution in [0, 0.1) is 0 Å². The molecule has 0 aliphatic carbocycles. The number of carboxylic acids is 1. The summed E-state index contributed by atoms with van der Waals surface area (Å²) in [6.45, 7) is 0. The molecular formula is C18H34N4O5S4. The lowest BCUT2D eigenvalue weighted by molar-refractivity contribution is -0.141. The number of carboxylic acid groups (broad SMARTS) is 1. The smallest absolute Gasteiger partial charge is 0.327 e. The number of amides is 3. The maximum Gasteiger partial charge on any atom is 0.327 e. The molecule has 0 heterocycles. The number of nitrogens with one attached hydrogen (secondary N) is 3. The summed E-state index contributed by atoms with van der Waals surface area (Å²) < 4.78 is 0. The zero-order valence-electron chi connectivity index (χ0n) is 18.1. The summed E-state index contributed by atoms with van der Waals surface area (Å²) in [6.07, 6.45) is 6.85. The second-order valence-corrected chi connectivity index (χ2v) is 9.98. The third-order valence-electron chi connectivity index (χ3n) is 4.25. The maximum absolute atomic E-state index is 12.9. The summed E-state index contributed by atoms with van der Waals surface area (Å²) in [6, 6.07) is -3.66. The standard InChI is InChI=1S/C18H34N4O5S4/c1-29-7-4-11(19)15(23)20-12(5-8-30-2)16(24)21-13(6-9-31-3)17(25)22-14(10-28)18(26)27/h11-14,28H,4-10,19H2,1-3H3,(H,20,23)(H,21,24)(H,22,25)(H,26,27). The maximum atomic E-state index is 12.9. The van der Waals surface area contributed by atoms with Crippen LogP contribution in [0.4, 0.5) is 0 Å². The van der Waals surface area contributed by atoms with Crippen molar-refractivity contribution in [2.75, 3.05) is 41.8 Å². The highest BCUT2D eigenvalue weighted by Gasteiger charge is 2.29. The van der Waals surface area contributed by atoms with E-state index in [0.717, 1.165) is 5.75 Å². The highest BCUT2D eigenvalue weighted by atomic mass is 32.2. The van der Waals surface area contributed by atoms with Crippen LogP contribution in [0.3, 0.4) is 0 Å². The largest absolute Gasteiger partial charge is 0.480 e. The molecule has 4 unspecified atom stereocenters. The Bertz CT molecular complexity index is 585. The summed E-state index contributed by atoms with van der Waals surface area (Å²) in [4.78, 5) is 49.1. The van der Waals surface area contributed by atoms with Crippen LogP contribution in [0.2, 0.25) is 0 Å². The van der Waals surface area contributed by atoms with E-state index in [4.69, 9.17) is 10.8 Å². The summed E-state index contributed by atoms with van der Waals surface area (Å²) in [7, 11) is 0. The number of thiol groups is 1. The van der Waals surface area contributed by atoms with Gasteiger partial charge in [0.15, 0.2) is 0 Å². The molecule has 0 rings (SSSR count). The number of hydrogen-bond acceptors (Lipinski definition) is 9. The van der Waals surface area contributed by atoms with Crippen molar-refractivity contribution in [2.24, 2.45) is 5.73 Å². The van der Waals surface area contributed by atoms with Crippen LogP contribution < -0.4 is 21.7 Å². The summed E-state index contributed by atoms with van der Waals surface area (Å²) in [5.41, 5.74) is 5.90. The Morgan fingerprint density at radius 3 is 1.55 bits per heavy atom. The van der Waals surface area contributed by atoms with Gasteiger partial charge in [0.25, 0.3) is 0 Å². The molecule has 0 aromatic heterocycles. The summed E-state index contributed by atoms with van der Waals surface area (Å²) in [5, 5.41) is 16.9. The van der Waals surface area contributed by atoms with Gasteiger partial charge in [-0.25, -0.2) is 4.79 Å². The minimum absolute atomic E-state index is 0.0788. The van der Waals surface area contributed by atoms with Crippen LogP contribution in [0.5, 0.6) is 0 Å². The fraction of sp³-hybridized carbons (Fsp3) is 0.778. The zero-order valence-corrected chi connectivity index (χ0v) is 21.4. The van der Waals surface area contributed by atoms with E-state index >= 15 is 0 Å². The first-order valence-corrected chi connectivity index (χ1v) is 14.5. The summed E-state index contributed by atoms with van der Waals surface area (Å²) >= 11 is 8.54. The first-order chi connectivity index (χ1) is 14.7. The minimum Gasteiger partial charge on any atom is -0.480 e. The number of carbonyl (C=O) groups is 4. The first-order valence-electron chi connectivity index (χ1n) is 9.68. The Balaban J connectivity index is 5.26. The lowest BCUT2D eigenvalue weighted by Crippen LogP contribution is -2.57. The topological polar surface area (TPSA) is 151 Å². The van der Waals surface area contributed by atoms with Crippen molar-refractivity contribution in [1.82, 2.24) is 16.0 Å². The van der Waals surface area contributed by atoms with Gasteiger partial charge in [-0.3, -0.25) is 14.4 Å². The number of rotatable bonds is 17. The predicted octanol–water partition coefficient (Wildman–Crippen LogP) is 0.0418. The quantitative estimate of drug-likeness (QED) is 0.148. The number of thioether (sulfide) groups is 3. The number of aliphatic carboxylic acids is 1. The number of hydrogen-bond donors (Lipinski definition) is 6. The number of carbonyl (C=O) groups excluding carboxylic acids is 3. The normalized spacial score (nSPS) is 14.7. The van der Waals surface area contributed by atoms with Gasteiger partial charge in [-0.05, 0) is 55.3 Å². The van der Waals surface area contributed by atoms with Gasteiger partial charge in [-0.2, -0.15) is 47.9 Å². The Kier molecular flexibility index (Phi) is 17.3. The lowest BCUT2D eigenvalue weighted by Gasteiger charge is -2.25. The fourth-order valence-corrected chi connectivity index (χ4v) is 4.07. The van der Waals surface area contributed by atoms with E-state index in [9.17, 15) is 19.2 Å². The molecule has 9 nitrogen and oxygen atoms in total. The van der Waals surface area contributed by atoms with Crippen LogP contribution in [-0.2, 0) is 19.2 Å². The van der Waals surface area contributed by atoms with Crippen molar-refractivity contribution in [3.05, 3.63) is 0 Å². The van der Waals surface area contributed by atoms with Crippen LogP contribution in [0.1, 0.15) is 19.3 Å². The van der Waals surface area contributed by atoms with E-state index in [2.05, 4.69) is 28.6 Å². The Morgan fingerprint density at radius 2 is 1.16 bits per heavy atom. The molecule has 180 valence electrons. The van der Waals surface area contributed by atoms with Crippen molar-refractivity contribution in [3.8, 4) is 0 Å². The second kappa shape index (κ2) is 17.8. The van der Waals surface area contributed by atoms with Gasteiger partial charge in [0.2, 0.25) is 17.7 Å². The molecule has 3 amide bonds. The van der Waals surface area contributed by atoms with Gasteiger partial charge < -0.3 is 26.8 Å². The van der Waals surface area contributed by atoms with Crippen molar-refractivity contribution >= 4 is 71.6 Å². The molecule has 0 saturated carbocycles. The van der Waals surface area contributed by atoms with E-state index in [-0.39, 0.29) is 5.75 Å². The van der Waals surface area contributed by atoms with Gasteiger partial charge in [0.05, 0.1) is 6.04 Å². The molecule has 0 bridgehead atoms. The van der Waals surface area contributed by atoms with E-state index in [0.29, 0.717) is 30.8 Å².